The van der Waals surface area contributed by atoms with E-state index in [4.69, 9.17) is 16.3 Å². The first-order valence-corrected chi connectivity index (χ1v) is 13.7. The second-order valence-electron chi connectivity index (χ2n) is 9.27. The number of rotatable bonds is 11. The molecule has 1 aromatic carbocycles. The number of amides is 1. The fourth-order valence-corrected chi connectivity index (χ4v) is 5.96. The second kappa shape index (κ2) is 12.8. The summed E-state index contributed by atoms with van der Waals surface area (Å²) in [6, 6.07) is 5.44. The summed E-state index contributed by atoms with van der Waals surface area (Å²) >= 11 is 8.14. The average Bonchev–Trinajstić information content (AvgIpc) is 2.94. The van der Waals surface area contributed by atoms with Gasteiger partial charge in [-0.15, -0.1) is 11.8 Å². The molecule has 0 spiro atoms. The SMILES string of the molecule is COc1ccc2ncc(Cl)c(C(O)CCC3(C(=O)NO)CCN(CCCSc4cnccn4)CC3)c2c1. The van der Waals surface area contributed by atoms with Crippen molar-refractivity contribution in [3.8, 4) is 5.75 Å². The summed E-state index contributed by atoms with van der Waals surface area (Å²) in [4.78, 5) is 27.9. The van der Waals surface area contributed by atoms with Crippen molar-refractivity contribution in [1.82, 2.24) is 25.3 Å². The van der Waals surface area contributed by atoms with Gasteiger partial charge in [0.15, 0.2) is 0 Å². The van der Waals surface area contributed by atoms with E-state index in [1.165, 1.54) is 6.20 Å². The van der Waals surface area contributed by atoms with Crippen LogP contribution in [-0.4, -0.2) is 68.6 Å². The Balaban J connectivity index is 1.36. The Morgan fingerprint density at radius 2 is 2.08 bits per heavy atom. The number of aromatic nitrogens is 3. The molecule has 0 aliphatic carbocycles. The van der Waals surface area contributed by atoms with Crippen molar-refractivity contribution in [2.75, 3.05) is 32.5 Å². The van der Waals surface area contributed by atoms with Crippen molar-refractivity contribution in [3.05, 3.63) is 53.6 Å². The van der Waals surface area contributed by atoms with Gasteiger partial charge in [0.25, 0.3) is 0 Å². The molecule has 0 saturated carbocycles. The van der Waals surface area contributed by atoms with Gasteiger partial charge in [0.2, 0.25) is 5.91 Å². The summed E-state index contributed by atoms with van der Waals surface area (Å²) in [6.07, 6.45) is 8.69. The largest absolute Gasteiger partial charge is 0.497 e. The topological polar surface area (TPSA) is 121 Å². The monoisotopic (exact) mass is 545 g/mol. The third kappa shape index (κ3) is 6.69. The summed E-state index contributed by atoms with van der Waals surface area (Å²) < 4.78 is 5.34. The molecule has 1 unspecified atom stereocenters. The molecule has 1 aliphatic heterocycles. The maximum atomic E-state index is 12.8. The molecule has 37 heavy (non-hydrogen) atoms. The Morgan fingerprint density at radius 1 is 1.27 bits per heavy atom. The van der Waals surface area contributed by atoms with Gasteiger partial charge in [-0.05, 0) is 69.9 Å². The number of carbonyl (C=O) groups is 1. The minimum absolute atomic E-state index is 0.318. The molecule has 0 bridgehead atoms. The molecule has 3 N–H and O–H groups in total. The molecule has 4 rings (SSSR count). The fraction of sp³-hybridized carbons (Fsp3) is 0.462. The molecule has 1 aliphatic rings. The number of hydrogen-bond acceptors (Lipinski definition) is 9. The van der Waals surface area contributed by atoms with Crippen molar-refractivity contribution in [2.24, 2.45) is 5.41 Å². The van der Waals surface area contributed by atoms with Gasteiger partial charge < -0.3 is 14.7 Å². The van der Waals surface area contributed by atoms with E-state index in [0.717, 1.165) is 36.8 Å². The molecule has 0 radical (unpaired) electrons. The van der Waals surface area contributed by atoms with Crippen molar-refractivity contribution >= 4 is 40.2 Å². The zero-order valence-electron chi connectivity index (χ0n) is 20.8. The van der Waals surface area contributed by atoms with Gasteiger partial charge >= 0.3 is 0 Å². The predicted molar refractivity (Wildman–Crippen MR) is 143 cm³/mol. The Kier molecular flexibility index (Phi) is 9.55. The lowest BCUT2D eigenvalue weighted by molar-refractivity contribution is -0.143. The summed E-state index contributed by atoms with van der Waals surface area (Å²) in [5.41, 5.74) is 2.39. The number of hydroxylamine groups is 1. The standard InChI is InChI=1S/C26H32ClN5O4S/c1-36-18-3-4-21-19(15-18)24(20(27)16-30-21)22(33)5-6-26(25(34)31-35)7-12-32(13-8-26)11-2-14-37-23-17-28-9-10-29-23/h3-4,9-10,15-17,22,33,35H,2,5-8,11-14H2,1H3,(H,31,34). The minimum Gasteiger partial charge on any atom is -0.497 e. The van der Waals surface area contributed by atoms with Gasteiger partial charge in [-0.1, -0.05) is 11.6 Å². The highest BCUT2D eigenvalue weighted by Gasteiger charge is 2.41. The van der Waals surface area contributed by atoms with Crippen LogP contribution in [0.25, 0.3) is 10.9 Å². The van der Waals surface area contributed by atoms with Gasteiger partial charge in [-0.25, -0.2) is 10.5 Å². The first-order chi connectivity index (χ1) is 18.0. The van der Waals surface area contributed by atoms with E-state index in [0.29, 0.717) is 52.9 Å². The van der Waals surface area contributed by atoms with Gasteiger partial charge in [0.05, 0.1) is 35.4 Å². The third-order valence-corrected chi connectivity index (χ3v) is 8.40. The highest BCUT2D eigenvalue weighted by Crippen LogP contribution is 2.41. The molecule has 3 aromatic rings. The molecule has 2 aromatic heterocycles. The summed E-state index contributed by atoms with van der Waals surface area (Å²) in [5, 5.41) is 22.7. The van der Waals surface area contributed by atoms with Crippen LogP contribution < -0.4 is 10.2 Å². The van der Waals surface area contributed by atoms with E-state index < -0.39 is 17.4 Å². The predicted octanol–water partition coefficient (Wildman–Crippen LogP) is 4.27. The van der Waals surface area contributed by atoms with Crippen LogP contribution in [0.2, 0.25) is 5.02 Å². The number of nitrogens with zero attached hydrogens (tertiary/aromatic N) is 4. The van der Waals surface area contributed by atoms with E-state index in [1.54, 1.807) is 37.5 Å². The van der Waals surface area contributed by atoms with Crippen molar-refractivity contribution < 1.29 is 19.8 Å². The summed E-state index contributed by atoms with van der Waals surface area (Å²) in [6.45, 7) is 2.41. The van der Waals surface area contributed by atoms with Crippen molar-refractivity contribution in [1.29, 1.82) is 0 Å². The van der Waals surface area contributed by atoms with Gasteiger partial charge in [0.1, 0.15) is 10.8 Å². The molecular weight excluding hydrogens is 514 g/mol. The number of halogens is 1. The van der Waals surface area contributed by atoms with Crippen LogP contribution in [0, 0.1) is 5.41 Å². The lowest BCUT2D eigenvalue weighted by atomic mass is 9.73. The van der Waals surface area contributed by atoms with Crippen LogP contribution >= 0.6 is 23.4 Å². The molecule has 198 valence electrons. The number of benzene rings is 1. The molecule has 1 saturated heterocycles. The smallest absolute Gasteiger partial charge is 0.249 e. The van der Waals surface area contributed by atoms with Crippen LogP contribution in [0.4, 0.5) is 0 Å². The number of carbonyl (C=O) groups excluding carboxylic acids is 1. The quantitative estimate of drug-likeness (QED) is 0.140. The Morgan fingerprint density at radius 3 is 2.78 bits per heavy atom. The van der Waals surface area contributed by atoms with Gasteiger partial charge in [0, 0.05) is 35.3 Å². The zero-order chi connectivity index (χ0) is 26.3. The Bertz CT molecular complexity index is 1190. The first-order valence-electron chi connectivity index (χ1n) is 12.3. The highest BCUT2D eigenvalue weighted by atomic mass is 35.5. The normalized spacial score (nSPS) is 16.4. The number of piperidine rings is 1. The van der Waals surface area contributed by atoms with Crippen LogP contribution in [0.1, 0.15) is 43.8 Å². The molecule has 1 atom stereocenters. The van der Waals surface area contributed by atoms with Gasteiger partial charge in [-0.2, -0.15) is 0 Å². The number of thioether (sulfide) groups is 1. The molecule has 9 nitrogen and oxygen atoms in total. The van der Waals surface area contributed by atoms with E-state index in [9.17, 15) is 15.1 Å². The maximum absolute atomic E-state index is 12.8. The van der Waals surface area contributed by atoms with Crippen LogP contribution in [0.3, 0.4) is 0 Å². The summed E-state index contributed by atoms with van der Waals surface area (Å²) in [5.74, 6) is 1.18. The molecule has 1 amide bonds. The third-order valence-electron chi connectivity index (χ3n) is 7.10. The number of ether oxygens (including phenoxy) is 1. The number of aliphatic hydroxyl groups is 1. The first kappa shape index (κ1) is 27.5. The van der Waals surface area contributed by atoms with Crippen LogP contribution in [-0.2, 0) is 4.79 Å². The number of pyridine rings is 1. The van der Waals surface area contributed by atoms with E-state index in [2.05, 4.69) is 19.9 Å². The lowest BCUT2D eigenvalue weighted by Crippen LogP contribution is -2.48. The van der Waals surface area contributed by atoms with Crippen molar-refractivity contribution in [2.45, 2.75) is 43.2 Å². The van der Waals surface area contributed by atoms with Crippen molar-refractivity contribution in [3.63, 3.8) is 0 Å². The van der Waals surface area contributed by atoms with Crippen LogP contribution in [0.15, 0.2) is 48.0 Å². The molecular formula is C26H32ClN5O4S. The Labute approximate surface area is 225 Å². The number of fused-ring (bicyclic) bond motifs is 1. The van der Waals surface area contributed by atoms with E-state index in [-0.39, 0.29) is 0 Å². The Hall–Kier alpha value is -2.50. The minimum atomic E-state index is -0.899. The number of methoxy groups -OCH3 is 1. The number of hydrogen-bond donors (Lipinski definition) is 3. The number of aliphatic hydroxyl groups excluding tert-OH is 1. The van der Waals surface area contributed by atoms with E-state index in [1.807, 2.05) is 23.7 Å². The molecule has 11 heteroatoms. The van der Waals surface area contributed by atoms with Gasteiger partial charge in [-0.3, -0.25) is 20.0 Å². The summed E-state index contributed by atoms with van der Waals surface area (Å²) in [7, 11) is 1.58. The average molecular weight is 546 g/mol. The molecule has 3 heterocycles. The lowest BCUT2D eigenvalue weighted by Gasteiger charge is -2.40. The molecule has 1 fully saturated rings. The van der Waals surface area contributed by atoms with Crippen LogP contribution in [0.5, 0.6) is 5.75 Å². The number of nitrogens with one attached hydrogen (secondary N) is 1. The maximum Gasteiger partial charge on any atom is 0.249 e. The zero-order valence-corrected chi connectivity index (χ0v) is 22.3. The van der Waals surface area contributed by atoms with E-state index >= 15 is 0 Å². The highest BCUT2D eigenvalue weighted by molar-refractivity contribution is 7.99. The number of likely N-dealkylation sites (tertiary alicyclic amines) is 1. The fourth-order valence-electron chi connectivity index (χ4n) is 4.93. The second-order valence-corrected chi connectivity index (χ2v) is 10.8.